The summed E-state index contributed by atoms with van der Waals surface area (Å²) in [6, 6.07) is 6.57. The van der Waals surface area contributed by atoms with Crippen molar-refractivity contribution in [3.63, 3.8) is 0 Å². The monoisotopic (exact) mass is 237 g/mol. The molecule has 0 aliphatic carbocycles. The third-order valence-electron chi connectivity index (χ3n) is 3.74. The van der Waals surface area contributed by atoms with Gasteiger partial charge in [-0.3, -0.25) is 0 Å². The first-order valence-corrected chi connectivity index (χ1v) is 6.55. The Labute approximate surface area is 103 Å². The quantitative estimate of drug-likeness (QED) is 0.707. The lowest BCUT2D eigenvalue weighted by molar-refractivity contribution is 0.494. The maximum atomic E-state index is 5.84. The molecule has 0 radical (unpaired) electrons. The van der Waals surface area contributed by atoms with Crippen molar-refractivity contribution in [2.45, 2.75) is 26.7 Å². The summed E-state index contributed by atoms with van der Waals surface area (Å²) in [4.78, 5) is 2.50. The molecule has 0 spiro atoms. The first-order valence-electron chi connectivity index (χ1n) is 6.02. The summed E-state index contributed by atoms with van der Waals surface area (Å²) in [5, 5.41) is 0. The van der Waals surface area contributed by atoms with Crippen LogP contribution in [0.4, 0.5) is 5.69 Å². The van der Waals surface area contributed by atoms with Crippen LogP contribution in [0.25, 0.3) is 0 Å². The van der Waals surface area contributed by atoms with Crippen LogP contribution in [-0.4, -0.2) is 13.1 Å². The molecule has 0 N–H and O–H groups in total. The zero-order valence-corrected chi connectivity index (χ0v) is 11.1. The molecule has 1 aromatic carbocycles. The van der Waals surface area contributed by atoms with Crippen molar-refractivity contribution in [2.75, 3.05) is 18.0 Å². The Morgan fingerprint density at radius 2 is 1.88 bits per heavy atom. The second-order valence-electron chi connectivity index (χ2n) is 5.11. The third-order valence-corrected chi connectivity index (χ3v) is 4.05. The lowest BCUT2D eigenvalue weighted by Gasteiger charge is -2.21. The molecule has 16 heavy (non-hydrogen) atoms. The number of benzene rings is 1. The number of aryl methyl sites for hydroxylation is 1. The van der Waals surface area contributed by atoms with Crippen molar-refractivity contribution >= 4 is 17.3 Å². The summed E-state index contributed by atoms with van der Waals surface area (Å²) >= 11 is 5.84. The van der Waals surface area contributed by atoms with Gasteiger partial charge in [-0.25, -0.2) is 0 Å². The summed E-state index contributed by atoms with van der Waals surface area (Å²) in [6.45, 7) is 9.23. The lowest BCUT2D eigenvalue weighted by atomic mass is 10.0. The van der Waals surface area contributed by atoms with Crippen molar-refractivity contribution in [2.24, 2.45) is 11.8 Å². The fraction of sp³-hybridized carbons (Fsp3) is 0.571. The van der Waals surface area contributed by atoms with Gasteiger partial charge in [-0.05, 0) is 36.0 Å². The zero-order chi connectivity index (χ0) is 11.7. The predicted molar refractivity (Wildman–Crippen MR) is 71.3 cm³/mol. The molecule has 2 heteroatoms. The average Bonchev–Trinajstić information content (AvgIpc) is 2.58. The van der Waals surface area contributed by atoms with Crippen LogP contribution < -0.4 is 4.90 Å². The number of hydrogen-bond acceptors (Lipinski definition) is 1. The van der Waals surface area contributed by atoms with E-state index in [2.05, 4.69) is 43.9 Å². The molecule has 0 saturated carbocycles. The molecule has 0 amide bonds. The molecule has 0 aromatic heterocycles. The molecule has 1 aromatic rings. The second kappa shape index (κ2) is 4.67. The van der Waals surface area contributed by atoms with E-state index in [9.17, 15) is 0 Å². The van der Waals surface area contributed by atoms with Crippen molar-refractivity contribution in [1.82, 2.24) is 0 Å². The van der Waals surface area contributed by atoms with Crippen LogP contribution in [0.3, 0.4) is 0 Å². The minimum Gasteiger partial charge on any atom is -0.371 e. The maximum absolute atomic E-state index is 5.84. The SMILES string of the molecule is Cc1cc(CCl)ccc1N1CC(C)C(C)C1. The van der Waals surface area contributed by atoms with Crippen LogP contribution in [0.5, 0.6) is 0 Å². The van der Waals surface area contributed by atoms with Crippen molar-refractivity contribution in [3.8, 4) is 0 Å². The Bertz CT molecular complexity index is 365. The van der Waals surface area contributed by atoms with E-state index in [4.69, 9.17) is 11.6 Å². The van der Waals surface area contributed by atoms with Crippen molar-refractivity contribution in [1.29, 1.82) is 0 Å². The van der Waals surface area contributed by atoms with Crippen LogP contribution in [0.1, 0.15) is 25.0 Å². The van der Waals surface area contributed by atoms with Crippen LogP contribution in [-0.2, 0) is 5.88 Å². The van der Waals surface area contributed by atoms with E-state index in [0.717, 1.165) is 11.8 Å². The Morgan fingerprint density at radius 3 is 2.38 bits per heavy atom. The fourth-order valence-corrected chi connectivity index (χ4v) is 2.65. The molecule has 2 rings (SSSR count). The highest BCUT2D eigenvalue weighted by Gasteiger charge is 2.26. The van der Waals surface area contributed by atoms with Crippen LogP contribution in [0.15, 0.2) is 18.2 Å². The molecule has 0 bridgehead atoms. The van der Waals surface area contributed by atoms with Gasteiger partial charge in [0.2, 0.25) is 0 Å². The Morgan fingerprint density at radius 1 is 1.25 bits per heavy atom. The number of alkyl halides is 1. The topological polar surface area (TPSA) is 3.24 Å². The van der Waals surface area contributed by atoms with Crippen molar-refractivity contribution < 1.29 is 0 Å². The molecule has 1 fully saturated rings. The third kappa shape index (κ3) is 2.20. The van der Waals surface area contributed by atoms with Gasteiger partial charge in [-0.1, -0.05) is 26.0 Å². The fourth-order valence-electron chi connectivity index (χ4n) is 2.48. The highest BCUT2D eigenvalue weighted by atomic mass is 35.5. The van der Waals surface area contributed by atoms with E-state index in [1.165, 1.54) is 29.9 Å². The summed E-state index contributed by atoms with van der Waals surface area (Å²) in [5.74, 6) is 2.20. The van der Waals surface area contributed by atoms with Gasteiger partial charge in [0.25, 0.3) is 0 Å². The highest BCUT2D eigenvalue weighted by molar-refractivity contribution is 6.17. The summed E-state index contributed by atoms with van der Waals surface area (Å²) < 4.78 is 0. The van der Waals surface area contributed by atoms with Crippen molar-refractivity contribution in [3.05, 3.63) is 29.3 Å². The molecule has 2 atom stereocenters. The number of nitrogens with zero attached hydrogens (tertiary/aromatic N) is 1. The number of hydrogen-bond donors (Lipinski definition) is 0. The molecule has 88 valence electrons. The molecule has 1 aliphatic heterocycles. The van der Waals surface area contributed by atoms with Gasteiger partial charge in [0.05, 0.1) is 0 Å². The van der Waals surface area contributed by atoms with Crippen LogP contribution in [0, 0.1) is 18.8 Å². The zero-order valence-electron chi connectivity index (χ0n) is 10.3. The average molecular weight is 238 g/mol. The smallest absolute Gasteiger partial charge is 0.0474 e. The number of halogens is 1. The van der Waals surface area contributed by atoms with E-state index < -0.39 is 0 Å². The van der Waals surface area contributed by atoms with E-state index in [1.54, 1.807) is 0 Å². The predicted octanol–water partition coefficient (Wildman–Crippen LogP) is 3.83. The van der Waals surface area contributed by atoms with Gasteiger partial charge in [-0.15, -0.1) is 11.6 Å². The van der Waals surface area contributed by atoms with Crippen LogP contribution >= 0.6 is 11.6 Å². The normalized spacial score (nSPS) is 25.1. The molecular weight excluding hydrogens is 218 g/mol. The first-order chi connectivity index (χ1) is 7.61. The standard InChI is InChI=1S/C14H20ClN/c1-10-6-13(7-15)4-5-14(10)16-8-11(2)12(3)9-16/h4-6,11-12H,7-9H2,1-3H3. The molecule has 1 heterocycles. The van der Waals surface area contributed by atoms with Gasteiger partial charge in [-0.2, -0.15) is 0 Å². The molecule has 1 saturated heterocycles. The first kappa shape index (κ1) is 11.8. The summed E-state index contributed by atoms with van der Waals surface area (Å²) in [6.07, 6.45) is 0. The van der Waals surface area contributed by atoms with Gasteiger partial charge in [0, 0.05) is 24.7 Å². The van der Waals surface area contributed by atoms with Gasteiger partial charge in [0.15, 0.2) is 0 Å². The molecule has 2 unspecified atom stereocenters. The molecular formula is C14H20ClN. The largest absolute Gasteiger partial charge is 0.371 e. The highest BCUT2D eigenvalue weighted by Crippen LogP contribution is 2.30. The lowest BCUT2D eigenvalue weighted by Crippen LogP contribution is -2.20. The second-order valence-corrected chi connectivity index (χ2v) is 5.38. The summed E-state index contributed by atoms with van der Waals surface area (Å²) in [7, 11) is 0. The minimum absolute atomic E-state index is 0.605. The summed E-state index contributed by atoms with van der Waals surface area (Å²) in [5.41, 5.74) is 3.94. The van der Waals surface area contributed by atoms with E-state index in [0.29, 0.717) is 5.88 Å². The molecule has 1 aliphatic rings. The molecule has 1 nitrogen and oxygen atoms in total. The Kier molecular flexibility index (Phi) is 3.44. The Hall–Kier alpha value is -0.690. The maximum Gasteiger partial charge on any atom is 0.0474 e. The number of anilines is 1. The minimum atomic E-state index is 0.605. The van der Waals surface area contributed by atoms with Gasteiger partial charge in [0.1, 0.15) is 0 Å². The van der Waals surface area contributed by atoms with E-state index >= 15 is 0 Å². The number of rotatable bonds is 2. The van der Waals surface area contributed by atoms with E-state index in [-0.39, 0.29) is 0 Å². The van der Waals surface area contributed by atoms with Gasteiger partial charge >= 0.3 is 0 Å². The van der Waals surface area contributed by atoms with Crippen LogP contribution in [0.2, 0.25) is 0 Å². The van der Waals surface area contributed by atoms with E-state index in [1.807, 2.05) is 0 Å². The van der Waals surface area contributed by atoms with Gasteiger partial charge < -0.3 is 4.90 Å². The Balaban J connectivity index is 2.22.